The van der Waals surface area contributed by atoms with Gasteiger partial charge in [0.15, 0.2) is 0 Å². The van der Waals surface area contributed by atoms with E-state index in [0.29, 0.717) is 0 Å². The molecule has 0 unspecified atom stereocenters. The van der Waals surface area contributed by atoms with Gasteiger partial charge in [-0.15, -0.1) is 0 Å². The molecule has 0 radical (unpaired) electrons. The number of methoxy groups -OCH3 is 1. The van der Waals surface area contributed by atoms with Crippen molar-refractivity contribution in [1.29, 1.82) is 0 Å². The van der Waals surface area contributed by atoms with E-state index in [1.54, 1.807) is 40.7 Å². The summed E-state index contributed by atoms with van der Waals surface area (Å²) < 4.78 is 14.4. The van der Waals surface area contributed by atoms with Crippen molar-refractivity contribution >= 4 is 12.1 Å². The predicted molar refractivity (Wildman–Crippen MR) is 62.6 cm³/mol. The molecule has 5 nitrogen and oxygen atoms in total. The lowest BCUT2D eigenvalue weighted by atomic mass is 10.1. The molecular weight excluding hydrogens is 224 g/mol. The van der Waals surface area contributed by atoms with Gasteiger partial charge in [0.25, 0.3) is 0 Å². The molecule has 0 heterocycles. The van der Waals surface area contributed by atoms with Gasteiger partial charge in [-0.3, -0.25) is 0 Å². The number of ether oxygens (including phenoxy) is 3. The third kappa shape index (κ3) is 5.94. The van der Waals surface area contributed by atoms with Gasteiger partial charge in [0.05, 0.1) is 12.7 Å². The van der Waals surface area contributed by atoms with Crippen molar-refractivity contribution < 1.29 is 23.8 Å². The van der Waals surface area contributed by atoms with E-state index in [-0.39, 0.29) is 5.57 Å². The summed E-state index contributed by atoms with van der Waals surface area (Å²) in [6.07, 6.45) is 0.0181. The minimum absolute atomic E-state index is 0.283. The number of hydrogen-bond donors (Lipinski definition) is 0. The third-order valence-corrected chi connectivity index (χ3v) is 1.82. The van der Waals surface area contributed by atoms with Crippen LogP contribution in [0, 0.1) is 0 Å². The van der Waals surface area contributed by atoms with E-state index < -0.39 is 23.8 Å². The lowest BCUT2D eigenvalue weighted by Gasteiger charge is -2.22. The second kappa shape index (κ2) is 6.27. The highest BCUT2D eigenvalue weighted by Gasteiger charge is 2.25. The van der Waals surface area contributed by atoms with Gasteiger partial charge in [0.1, 0.15) is 11.7 Å². The van der Waals surface area contributed by atoms with Gasteiger partial charge >= 0.3 is 12.1 Å². The zero-order chi connectivity index (χ0) is 13.6. The van der Waals surface area contributed by atoms with Crippen LogP contribution in [-0.2, 0) is 19.0 Å². The standard InChI is InChI=1S/C12H20O5/c1-7-9(8(2)16-11(14)15-6)10(13)17-12(3,4)5/h7-8H,1-6H3/b9-7-/t8-/m1/s1. The van der Waals surface area contributed by atoms with Crippen molar-refractivity contribution in [3.8, 4) is 0 Å². The maximum absolute atomic E-state index is 11.8. The van der Waals surface area contributed by atoms with Gasteiger partial charge in [-0.2, -0.15) is 0 Å². The molecule has 0 saturated carbocycles. The summed E-state index contributed by atoms with van der Waals surface area (Å²) in [7, 11) is 1.21. The highest BCUT2D eigenvalue weighted by atomic mass is 16.7. The molecule has 0 aromatic rings. The van der Waals surface area contributed by atoms with E-state index in [4.69, 9.17) is 9.47 Å². The van der Waals surface area contributed by atoms with E-state index in [1.807, 2.05) is 0 Å². The average molecular weight is 244 g/mol. The van der Waals surface area contributed by atoms with E-state index >= 15 is 0 Å². The first-order chi connectivity index (χ1) is 7.71. The molecule has 98 valence electrons. The van der Waals surface area contributed by atoms with E-state index in [0.717, 1.165) is 0 Å². The van der Waals surface area contributed by atoms with Crippen LogP contribution in [0.2, 0.25) is 0 Å². The van der Waals surface area contributed by atoms with Crippen LogP contribution in [0.3, 0.4) is 0 Å². The SMILES string of the molecule is C/C=C(\C(=O)OC(C)(C)C)[C@@H](C)OC(=O)OC. The Bertz CT molecular complexity index is 311. The van der Waals surface area contributed by atoms with Crippen molar-refractivity contribution in [2.45, 2.75) is 46.3 Å². The first-order valence-corrected chi connectivity index (χ1v) is 5.35. The fraction of sp³-hybridized carbons (Fsp3) is 0.667. The van der Waals surface area contributed by atoms with Crippen LogP contribution in [0.5, 0.6) is 0 Å². The molecule has 0 aliphatic heterocycles. The highest BCUT2D eigenvalue weighted by Crippen LogP contribution is 2.15. The Labute approximate surface area is 102 Å². The van der Waals surface area contributed by atoms with Gasteiger partial charge in [-0.05, 0) is 34.6 Å². The summed E-state index contributed by atoms with van der Waals surface area (Å²) in [6.45, 7) is 8.56. The Morgan fingerprint density at radius 3 is 2.12 bits per heavy atom. The minimum atomic E-state index is -0.833. The molecule has 0 aromatic carbocycles. The zero-order valence-electron chi connectivity index (χ0n) is 11.2. The van der Waals surface area contributed by atoms with Crippen molar-refractivity contribution in [1.82, 2.24) is 0 Å². The van der Waals surface area contributed by atoms with Crippen LogP contribution in [-0.4, -0.2) is 30.9 Å². The molecule has 0 aliphatic rings. The average Bonchev–Trinajstić information content (AvgIpc) is 2.15. The number of hydrogen-bond acceptors (Lipinski definition) is 5. The molecule has 0 N–H and O–H groups in total. The molecule has 1 atom stereocenters. The Morgan fingerprint density at radius 1 is 1.24 bits per heavy atom. The number of carbonyl (C=O) groups excluding carboxylic acids is 2. The van der Waals surface area contributed by atoms with E-state index in [1.165, 1.54) is 7.11 Å². The van der Waals surface area contributed by atoms with E-state index in [9.17, 15) is 9.59 Å². The molecular formula is C12H20O5. The summed E-state index contributed by atoms with van der Waals surface area (Å²) in [5, 5.41) is 0. The van der Waals surface area contributed by atoms with Gasteiger partial charge < -0.3 is 14.2 Å². The lowest BCUT2D eigenvalue weighted by Crippen LogP contribution is -2.29. The Kier molecular flexibility index (Phi) is 5.71. The second-order valence-electron chi connectivity index (χ2n) is 4.46. The van der Waals surface area contributed by atoms with Crippen molar-refractivity contribution in [3.63, 3.8) is 0 Å². The summed E-state index contributed by atoms with van der Waals surface area (Å²) >= 11 is 0. The van der Waals surface area contributed by atoms with Gasteiger partial charge in [-0.25, -0.2) is 9.59 Å². The third-order valence-electron chi connectivity index (χ3n) is 1.82. The molecule has 17 heavy (non-hydrogen) atoms. The smallest absolute Gasteiger partial charge is 0.457 e. The monoisotopic (exact) mass is 244 g/mol. The molecule has 0 rings (SSSR count). The maximum Gasteiger partial charge on any atom is 0.508 e. The van der Waals surface area contributed by atoms with Gasteiger partial charge in [-0.1, -0.05) is 6.08 Å². The molecule has 0 fully saturated rings. The molecule has 0 amide bonds. The van der Waals surface area contributed by atoms with Crippen LogP contribution in [0.25, 0.3) is 0 Å². The number of rotatable bonds is 3. The van der Waals surface area contributed by atoms with Crippen LogP contribution < -0.4 is 0 Å². The van der Waals surface area contributed by atoms with Crippen LogP contribution in [0.1, 0.15) is 34.6 Å². The van der Waals surface area contributed by atoms with Crippen molar-refractivity contribution in [3.05, 3.63) is 11.6 Å². The molecule has 0 aromatic heterocycles. The summed E-state index contributed by atoms with van der Waals surface area (Å²) in [6, 6.07) is 0. The van der Waals surface area contributed by atoms with Gasteiger partial charge in [0.2, 0.25) is 0 Å². The number of allylic oxidation sites excluding steroid dienone is 1. The topological polar surface area (TPSA) is 61.8 Å². The largest absolute Gasteiger partial charge is 0.508 e. The molecule has 0 spiro atoms. The van der Waals surface area contributed by atoms with Crippen LogP contribution in [0.4, 0.5) is 4.79 Å². The number of carbonyl (C=O) groups is 2. The highest BCUT2D eigenvalue weighted by molar-refractivity contribution is 5.90. The maximum atomic E-state index is 11.8. The molecule has 0 bridgehead atoms. The molecule has 5 heteroatoms. The van der Waals surface area contributed by atoms with Crippen LogP contribution in [0.15, 0.2) is 11.6 Å². The second-order valence-corrected chi connectivity index (χ2v) is 4.46. The predicted octanol–water partition coefficient (Wildman–Crippen LogP) is 2.45. The van der Waals surface area contributed by atoms with E-state index in [2.05, 4.69) is 4.74 Å². The van der Waals surface area contributed by atoms with Crippen LogP contribution >= 0.6 is 0 Å². The number of esters is 1. The zero-order valence-corrected chi connectivity index (χ0v) is 11.2. The Hall–Kier alpha value is -1.52. The summed E-state index contributed by atoms with van der Waals surface area (Å²) in [5.41, 5.74) is -0.304. The summed E-state index contributed by atoms with van der Waals surface area (Å²) in [5.74, 6) is -0.503. The van der Waals surface area contributed by atoms with Crippen molar-refractivity contribution in [2.75, 3.05) is 7.11 Å². The Morgan fingerprint density at radius 2 is 1.76 bits per heavy atom. The lowest BCUT2D eigenvalue weighted by molar-refractivity contribution is -0.151. The fourth-order valence-corrected chi connectivity index (χ4v) is 1.11. The first-order valence-electron chi connectivity index (χ1n) is 5.35. The Balaban J connectivity index is 4.63. The fourth-order valence-electron chi connectivity index (χ4n) is 1.11. The quantitative estimate of drug-likeness (QED) is 0.563. The molecule has 0 saturated heterocycles. The molecule has 0 aliphatic carbocycles. The summed E-state index contributed by atoms with van der Waals surface area (Å²) in [4.78, 5) is 22.7. The van der Waals surface area contributed by atoms with Crippen molar-refractivity contribution in [2.24, 2.45) is 0 Å². The van der Waals surface area contributed by atoms with Gasteiger partial charge in [0, 0.05) is 0 Å². The normalized spacial score (nSPS) is 13.9. The minimum Gasteiger partial charge on any atom is -0.457 e. The first kappa shape index (κ1) is 15.5.